The number of nitrogens with zero attached hydrogens (tertiary/aromatic N) is 3. The highest BCUT2D eigenvalue weighted by atomic mass is 79.9. The van der Waals surface area contributed by atoms with E-state index in [2.05, 4.69) is 39.9 Å². The summed E-state index contributed by atoms with van der Waals surface area (Å²) in [7, 11) is 0. The number of carbonyl (C=O) groups excluding carboxylic acids is 1. The van der Waals surface area contributed by atoms with Crippen molar-refractivity contribution in [3.8, 4) is 0 Å². The first-order chi connectivity index (χ1) is 9.47. The number of benzene rings is 1. The molecular weight excluding hydrogens is 325 g/mol. The Bertz CT molecular complexity index is 625. The summed E-state index contributed by atoms with van der Waals surface area (Å²) in [6.07, 6.45) is 1.56. The zero-order chi connectivity index (χ0) is 14.7. The normalized spacial score (nSPS) is 11.1. The van der Waals surface area contributed by atoms with Crippen LogP contribution in [0.4, 0.5) is 4.39 Å². The minimum absolute atomic E-state index is 0.119. The first kappa shape index (κ1) is 14.8. The minimum Gasteiger partial charge on any atom is -0.294 e. The van der Waals surface area contributed by atoms with Gasteiger partial charge in [0.25, 0.3) is 0 Å². The molecule has 6 heteroatoms. The summed E-state index contributed by atoms with van der Waals surface area (Å²) in [5, 5.41) is 4.11. The molecule has 0 aliphatic rings. The Kier molecular flexibility index (Phi) is 4.65. The molecule has 0 spiro atoms. The summed E-state index contributed by atoms with van der Waals surface area (Å²) in [4.78, 5) is 16.3. The van der Waals surface area contributed by atoms with Crippen LogP contribution < -0.4 is 0 Å². The third kappa shape index (κ3) is 3.50. The van der Waals surface area contributed by atoms with Gasteiger partial charge in [0.2, 0.25) is 0 Å². The summed E-state index contributed by atoms with van der Waals surface area (Å²) in [6, 6.07) is 4.36. The Labute approximate surface area is 125 Å². The lowest BCUT2D eigenvalue weighted by atomic mass is 10.1. The molecule has 1 heterocycles. The largest absolute Gasteiger partial charge is 0.294 e. The second kappa shape index (κ2) is 6.26. The van der Waals surface area contributed by atoms with E-state index in [9.17, 15) is 9.18 Å². The van der Waals surface area contributed by atoms with Gasteiger partial charge >= 0.3 is 0 Å². The van der Waals surface area contributed by atoms with E-state index >= 15 is 0 Å². The molecule has 0 aliphatic heterocycles. The second-order valence-corrected chi connectivity index (χ2v) is 5.84. The first-order valence-corrected chi connectivity index (χ1v) is 7.11. The molecule has 0 saturated carbocycles. The van der Waals surface area contributed by atoms with E-state index in [4.69, 9.17) is 0 Å². The van der Waals surface area contributed by atoms with Gasteiger partial charge in [0.1, 0.15) is 18.0 Å². The molecule has 0 aliphatic carbocycles. The van der Waals surface area contributed by atoms with Crippen LogP contribution in [0.1, 0.15) is 30.0 Å². The molecule has 0 saturated heterocycles. The molecule has 0 atom stereocenters. The van der Waals surface area contributed by atoms with Crippen molar-refractivity contribution in [2.24, 2.45) is 5.92 Å². The maximum absolute atomic E-state index is 13.4. The van der Waals surface area contributed by atoms with Crippen molar-refractivity contribution >= 4 is 21.7 Å². The van der Waals surface area contributed by atoms with E-state index in [1.807, 2.05) is 0 Å². The SMILES string of the molecule is CC(C)Cn1ncnc1CC(=O)c1ccc(Br)c(F)c1. The van der Waals surface area contributed by atoms with Crippen LogP contribution in [0.25, 0.3) is 0 Å². The highest BCUT2D eigenvalue weighted by Gasteiger charge is 2.14. The number of ketones is 1. The summed E-state index contributed by atoms with van der Waals surface area (Å²) < 4.78 is 15.5. The Hall–Kier alpha value is -1.56. The van der Waals surface area contributed by atoms with Crippen molar-refractivity contribution in [3.05, 3.63) is 46.2 Å². The van der Waals surface area contributed by atoms with Gasteiger partial charge in [0, 0.05) is 12.1 Å². The van der Waals surface area contributed by atoms with Gasteiger partial charge in [-0.1, -0.05) is 19.9 Å². The maximum Gasteiger partial charge on any atom is 0.170 e. The zero-order valence-electron chi connectivity index (χ0n) is 11.3. The predicted molar refractivity (Wildman–Crippen MR) is 77.0 cm³/mol. The summed E-state index contributed by atoms with van der Waals surface area (Å²) >= 11 is 3.07. The van der Waals surface area contributed by atoms with E-state index in [-0.39, 0.29) is 12.2 Å². The second-order valence-electron chi connectivity index (χ2n) is 4.98. The fourth-order valence-electron chi connectivity index (χ4n) is 1.84. The number of aromatic nitrogens is 3. The quantitative estimate of drug-likeness (QED) is 0.785. The average molecular weight is 340 g/mol. The van der Waals surface area contributed by atoms with Crippen molar-refractivity contribution in [2.45, 2.75) is 26.8 Å². The van der Waals surface area contributed by atoms with Gasteiger partial charge in [0.15, 0.2) is 5.78 Å². The van der Waals surface area contributed by atoms with Crippen LogP contribution in [0.2, 0.25) is 0 Å². The number of halogens is 2. The van der Waals surface area contributed by atoms with E-state index in [1.165, 1.54) is 18.5 Å². The molecule has 0 fully saturated rings. The van der Waals surface area contributed by atoms with Crippen molar-refractivity contribution in [3.63, 3.8) is 0 Å². The topological polar surface area (TPSA) is 47.8 Å². The molecule has 4 nitrogen and oxygen atoms in total. The Morgan fingerprint density at radius 3 is 2.85 bits per heavy atom. The zero-order valence-corrected chi connectivity index (χ0v) is 12.9. The number of rotatable bonds is 5. The highest BCUT2D eigenvalue weighted by molar-refractivity contribution is 9.10. The Morgan fingerprint density at radius 1 is 1.45 bits per heavy atom. The number of hydrogen-bond donors (Lipinski definition) is 0. The Balaban J connectivity index is 2.15. The molecule has 20 heavy (non-hydrogen) atoms. The number of carbonyl (C=O) groups is 1. The molecule has 106 valence electrons. The molecule has 0 amide bonds. The highest BCUT2D eigenvalue weighted by Crippen LogP contribution is 2.17. The van der Waals surface area contributed by atoms with E-state index < -0.39 is 5.82 Å². The molecule has 2 aromatic rings. The van der Waals surface area contributed by atoms with Gasteiger partial charge in [-0.2, -0.15) is 5.10 Å². The summed E-state index contributed by atoms with van der Waals surface area (Å²) in [6.45, 7) is 4.84. The van der Waals surface area contributed by atoms with Crippen LogP contribution in [0.5, 0.6) is 0 Å². The van der Waals surface area contributed by atoms with E-state index in [0.717, 1.165) is 0 Å². The third-order valence-corrected chi connectivity index (χ3v) is 3.44. The van der Waals surface area contributed by atoms with Gasteiger partial charge in [-0.15, -0.1) is 0 Å². The molecule has 1 aromatic heterocycles. The van der Waals surface area contributed by atoms with Gasteiger partial charge in [0.05, 0.1) is 10.9 Å². The molecular formula is C14H15BrFN3O. The summed E-state index contributed by atoms with van der Waals surface area (Å²) in [5.74, 6) is 0.400. The van der Waals surface area contributed by atoms with Crippen LogP contribution >= 0.6 is 15.9 Å². The standard InChI is InChI=1S/C14H15BrFN3O/c1-9(2)7-19-14(17-8-18-19)6-13(20)10-3-4-11(15)12(16)5-10/h3-5,8-9H,6-7H2,1-2H3. The van der Waals surface area contributed by atoms with Gasteiger partial charge in [-0.25, -0.2) is 14.1 Å². The van der Waals surface area contributed by atoms with Crippen LogP contribution in [0.15, 0.2) is 29.0 Å². The molecule has 2 rings (SSSR count). The molecule has 0 N–H and O–H groups in total. The van der Waals surface area contributed by atoms with Gasteiger partial charge in [-0.05, 0) is 34.0 Å². The molecule has 0 bridgehead atoms. The van der Waals surface area contributed by atoms with Crippen molar-refractivity contribution in [2.75, 3.05) is 0 Å². The lowest BCUT2D eigenvalue weighted by Gasteiger charge is -2.08. The van der Waals surface area contributed by atoms with Crippen LogP contribution in [-0.4, -0.2) is 20.5 Å². The van der Waals surface area contributed by atoms with Crippen LogP contribution in [-0.2, 0) is 13.0 Å². The van der Waals surface area contributed by atoms with Crippen molar-refractivity contribution in [1.82, 2.24) is 14.8 Å². The first-order valence-electron chi connectivity index (χ1n) is 6.32. The minimum atomic E-state index is -0.445. The number of Topliss-reactive ketones (excluding diaryl/α,β-unsaturated/α-hetero) is 1. The fourth-order valence-corrected chi connectivity index (χ4v) is 2.09. The lowest BCUT2D eigenvalue weighted by molar-refractivity contribution is 0.0988. The van der Waals surface area contributed by atoms with Gasteiger partial charge in [-0.3, -0.25) is 4.79 Å². The maximum atomic E-state index is 13.4. The van der Waals surface area contributed by atoms with E-state index in [1.54, 1.807) is 10.7 Å². The molecule has 1 aromatic carbocycles. The Morgan fingerprint density at radius 2 is 2.20 bits per heavy atom. The molecule has 0 radical (unpaired) electrons. The lowest BCUT2D eigenvalue weighted by Crippen LogP contribution is -2.14. The van der Waals surface area contributed by atoms with E-state index in [0.29, 0.717) is 28.3 Å². The predicted octanol–water partition coefficient (Wildman–Crippen LogP) is 3.26. The number of hydrogen-bond acceptors (Lipinski definition) is 3. The monoisotopic (exact) mass is 339 g/mol. The van der Waals surface area contributed by atoms with Crippen LogP contribution in [0, 0.1) is 11.7 Å². The van der Waals surface area contributed by atoms with Crippen molar-refractivity contribution < 1.29 is 9.18 Å². The van der Waals surface area contributed by atoms with Crippen LogP contribution in [0.3, 0.4) is 0 Å². The van der Waals surface area contributed by atoms with Crippen molar-refractivity contribution in [1.29, 1.82) is 0 Å². The fraction of sp³-hybridized carbons (Fsp3) is 0.357. The average Bonchev–Trinajstić information content (AvgIpc) is 2.79. The smallest absolute Gasteiger partial charge is 0.170 e. The summed E-state index contributed by atoms with van der Waals surface area (Å²) in [5.41, 5.74) is 0.338. The van der Waals surface area contributed by atoms with Gasteiger partial charge < -0.3 is 0 Å². The molecule has 0 unspecified atom stereocenters. The third-order valence-electron chi connectivity index (χ3n) is 2.79.